The maximum Gasteiger partial charge on any atom is 0.472 e. The zero-order chi connectivity index (χ0) is 41.0. The largest absolute Gasteiger partial charge is 0.472 e. The average Bonchev–Trinajstić information content (AvgIpc) is 3.94. The second-order valence-electron chi connectivity index (χ2n) is 14.7. The molecule has 0 radical (unpaired) electrons. The number of esters is 2. The van der Waals surface area contributed by atoms with Gasteiger partial charge in [0, 0.05) is 12.8 Å². The lowest BCUT2D eigenvalue weighted by Crippen LogP contribution is -2.29. The number of ether oxygens (including phenoxy) is 3. The Morgan fingerprint density at radius 1 is 0.625 bits per heavy atom. The number of phosphoric acid groups is 1. The van der Waals surface area contributed by atoms with Crippen LogP contribution >= 0.6 is 7.82 Å². The monoisotopic (exact) mass is 813 g/mol. The van der Waals surface area contributed by atoms with Crippen molar-refractivity contribution >= 4 is 19.8 Å². The molecule has 0 amide bonds. The van der Waals surface area contributed by atoms with Crippen molar-refractivity contribution in [3.63, 3.8) is 0 Å². The van der Waals surface area contributed by atoms with Gasteiger partial charge in [-0.25, -0.2) is 4.57 Å². The molecule has 0 spiro atoms. The van der Waals surface area contributed by atoms with Crippen molar-refractivity contribution in [1.29, 1.82) is 0 Å². The van der Waals surface area contributed by atoms with Crippen molar-refractivity contribution in [1.82, 2.24) is 0 Å². The van der Waals surface area contributed by atoms with Gasteiger partial charge in [0.25, 0.3) is 0 Å². The summed E-state index contributed by atoms with van der Waals surface area (Å²) >= 11 is 0. The van der Waals surface area contributed by atoms with E-state index in [1.54, 1.807) is 0 Å². The third-order valence-corrected chi connectivity index (χ3v) is 10.3. The molecular weight excluding hydrogens is 735 g/mol. The van der Waals surface area contributed by atoms with Crippen LogP contribution in [0.15, 0.2) is 48.6 Å². The molecule has 1 aliphatic heterocycles. The van der Waals surface area contributed by atoms with Gasteiger partial charge in [0.05, 0.1) is 32.0 Å². The lowest BCUT2D eigenvalue weighted by atomic mass is 10.1. The third kappa shape index (κ3) is 32.9. The van der Waals surface area contributed by atoms with Crippen LogP contribution in [0.2, 0.25) is 0 Å². The highest BCUT2D eigenvalue weighted by molar-refractivity contribution is 7.47. The van der Waals surface area contributed by atoms with Gasteiger partial charge in [-0.1, -0.05) is 127 Å². The fourth-order valence-electron chi connectivity index (χ4n) is 5.84. The van der Waals surface area contributed by atoms with Crippen molar-refractivity contribution in [2.45, 2.75) is 192 Å². The van der Waals surface area contributed by atoms with E-state index in [0.717, 1.165) is 64.2 Å². The molecule has 1 heterocycles. The summed E-state index contributed by atoms with van der Waals surface area (Å²) in [7, 11) is -4.64. The van der Waals surface area contributed by atoms with Crippen molar-refractivity contribution < 1.29 is 52.5 Å². The standard InChI is InChI=1S/C44H77O11P/c1-3-5-7-9-11-12-13-14-15-16-17-18-21-25-29-33-43(47)51-37-40(38-53-56(49,50)52-36-39(46)35-45)54-44(48)34-30-26-22-19-20-24-28-32-42-41(55-42)31-27-23-10-8-6-4-2/h14-15,19,22-24,27-28,39-42,45-46H,3-13,16-18,20-21,25-26,29-38H2,1-2H3,(H,49,50)/b15-14-,22-19-,27-23-,28-24-/t39-,40+,41?,42?/m0/s1. The van der Waals surface area contributed by atoms with E-state index in [9.17, 15) is 24.2 Å². The van der Waals surface area contributed by atoms with Gasteiger partial charge >= 0.3 is 19.8 Å². The number of unbranched alkanes of at least 4 members (excludes halogenated alkanes) is 15. The first-order valence-corrected chi connectivity index (χ1v) is 23.2. The minimum absolute atomic E-state index is 0.100. The number of carbonyl (C=O) groups is 2. The molecule has 3 N–H and O–H groups in total. The molecule has 0 aromatic carbocycles. The molecule has 1 saturated heterocycles. The minimum atomic E-state index is -4.64. The number of epoxide rings is 1. The summed E-state index contributed by atoms with van der Waals surface area (Å²) in [6, 6.07) is 0. The van der Waals surface area contributed by atoms with Gasteiger partial charge in [0.2, 0.25) is 0 Å². The van der Waals surface area contributed by atoms with Crippen molar-refractivity contribution in [3.8, 4) is 0 Å². The number of phosphoric ester groups is 1. The highest BCUT2D eigenvalue weighted by atomic mass is 31.2. The maximum absolute atomic E-state index is 12.6. The SMILES string of the molecule is CCCCC/C=C\CC1OC1C/C=C\C/C=C\CCCC(=O)O[C@H](COC(=O)CCCCCCC/C=C\CCCCCCCC)COP(=O)(O)OC[C@@H](O)CO. The molecule has 0 aromatic rings. The van der Waals surface area contributed by atoms with Crippen LogP contribution in [0.4, 0.5) is 0 Å². The van der Waals surface area contributed by atoms with Gasteiger partial charge in [-0.15, -0.1) is 0 Å². The molecule has 5 atom stereocenters. The molecule has 3 unspecified atom stereocenters. The molecule has 1 aliphatic rings. The summed E-state index contributed by atoms with van der Waals surface area (Å²) in [6.45, 7) is 2.25. The van der Waals surface area contributed by atoms with Crippen LogP contribution in [0, 0.1) is 0 Å². The van der Waals surface area contributed by atoms with E-state index in [1.165, 1.54) is 57.8 Å². The van der Waals surface area contributed by atoms with Crippen LogP contribution in [-0.2, 0) is 37.4 Å². The molecule has 12 heteroatoms. The van der Waals surface area contributed by atoms with Gasteiger partial charge in [0.1, 0.15) is 12.7 Å². The van der Waals surface area contributed by atoms with E-state index in [4.69, 9.17) is 23.8 Å². The van der Waals surface area contributed by atoms with E-state index in [2.05, 4.69) is 54.8 Å². The number of carbonyl (C=O) groups excluding carboxylic acids is 2. The van der Waals surface area contributed by atoms with E-state index in [0.29, 0.717) is 31.5 Å². The number of aliphatic hydroxyl groups excluding tert-OH is 2. The molecule has 0 bridgehead atoms. The van der Waals surface area contributed by atoms with Gasteiger partial charge in [-0.2, -0.15) is 0 Å². The lowest BCUT2D eigenvalue weighted by molar-refractivity contribution is -0.161. The van der Waals surface area contributed by atoms with Gasteiger partial charge in [0.15, 0.2) is 6.10 Å². The summed E-state index contributed by atoms with van der Waals surface area (Å²) in [4.78, 5) is 35.0. The number of aliphatic hydroxyl groups is 2. The van der Waals surface area contributed by atoms with Crippen LogP contribution in [0.3, 0.4) is 0 Å². The molecule has 1 fully saturated rings. The Morgan fingerprint density at radius 3 is 1.77 bits per heavy atom. The van der Waals surface area contributed by atoms with Crippen molar-refractivity contribution in [2.75, 3.05) is 26.4 Å². The number of allylic oxidation sites excluding steroid dienone is 6. The van der Waals surface area contributed by atoms with Gasteiger partial charge in [-0.3, -0.25) is 18.6 Å². The fraction of sp³-hybridized carbons (Fsp3) is 0.773. The molecule has 11 nitrogen and oxygen atoms in total. The Bertz CT molecular complexity index is 1140. The fourth-order valence-corrected chi connectivity index (χ4v) is 6.63. The predicted molar refractivity (Wildman–Crippen MR) is 223 cm³/mol. The zero-order valence-corrected chi connectivity index (χ0v) is 35.7. The summed E-state index contributed by atoms with van der Waals surface area (Å²) < 4.78 is 38.4. The first-order chi connectivity index (χ1) is 27.2. The highest BCUT2D eigenvalue weighted by Gasteiger charge is 2.36. The van der Waals surface area contributed by atoms with Gasteiger partial charge in [-0.05, 0) is 77.0 Å². The number of hydrogen-bond acceptors (Lipinski definition) is 10. The smallest absolute Gasteiger partial charge is 0.462 e. The molecule has 56 heavy (non-hydrogen) atoms. The minimum Gasteiger partial charge on any atom is -0.462 e. The van der Waals surface area contributed by atoms with Crippen LogP contribution < -0.4 is 0 Å². The van der Waals surface area contributed by atoms with Gasteiger partial charge < -0.3 is 29.3 Å². The van der Waals surface area contributed by atoms with E-state index < -0.39 is 51.8 Å². The predicted octanol–water partition coefficient (Wildman–Crippen LogP) is 10.3. The summed E-state index contributed by atoms with van der Waals surface area (Å²) in [5.74, 6) is -1.01. The first-order valence-electron chi connectivity index (χ1n) is 21.7. The van der Waals surface area contributed by atoms with Crippen LogP contribution in [0.25, 0.3) is 0 Å². The molecular formula is C44H77O11P. The summed E-state index contributed by atoms with van der Waals surface area (Å²) in [6.07, 6.45) is 39.7. The molecule has 324 valence electrons. The first kappa shape index (κ1) is 51.9. The van der Waals surface area contributed by atoms with Crippen molar-refractivity contribution in [3.05, 3.63) is 48.6 Å². The van der Waals surface area contributed by atoms with E-state index >= 15 is 0 Å². The Balaban J connectivity index is 2.30. The second-order valence-corrected chi connectivity index (χ2v) is 16.2. The van der Waals surface area contributed by atoms with Crippen LogP contribution in [0.5, 0.6) is 0 Å². The van der Waals surface area contributed by atoms with Crippen LogP contribution in [0.1, 0.15) is 168 Å². The maximum atomic E-state index is 12.6. The Hall–Kier alpha value is -2.11. The molecule has 1 rings (SSSR count). The van der Waals surface area contributed by atoms with E-state index in [-0.39, 0.29) is 19.4 Å². The zero-order valence-electron chi connectivity index (χ0n) is 34.8. The number of hydrogen-bond donors (Lipinski definition) is 3. The van der Waals surface area contributed by atoms with Crippen LogP contribution in [-0.4, -0.2) is 77.9 Å². The quantitative estimate of drug-likeness (QED) is 0.0178. The average molecular weight is 813 g/mol. The number of rotatable bonds is 39. The summed E-state index contributed by atoms with van der Waals surface area (Å²) in [5.41, 5.74) is 0. The Labute approximate surface area is 338 Å². The highest BCUT2D eigenvalue weighted by Crippen LogP contribution is 2.43. The lowest BCUT2D eigenvalue weighted by Gasteiger charge is -2.20. The summed E-state index contributed by atoms with van der Waals surface area (Å²) in [5, 5.41) is 18.3. The van der Waals surface area contributed by atoms with Crippen molar-refractivity contribution in [2.24, 2.45) is 0 Å². The second kappa shape index (κ2) is 36.0. The normalized spacial score (nSPS) is 17.9. The van der Waals surface area contributed by atoms with E-state index in [1.807, 2.05) is 12.2 Å². The third-order valence-electron chi connectivity index (χ3n) is 9.36. The molecule has 0 aromatic heterocycles. The Kier molecular flexibility index (Phi) is 33.4. The topological polar surface area (TPSA) is 161 Å². The molecule has 0 saturated carbocycles. The molecule has 0 aliphatic carbocycles. The Morgan fingerprint density at radius 2 is 1.11 bits per heavy atom.